The molecule has 0 atom stereocenters. The highest BCUT2D eigenvalue weighted by Crippen LogP contribution is 2.22. The molecular formula is C22H28N2O4S. The first-order valence-corrected chi connectivity index (χ1v) is 11.3. The zero-order valence-corrected chi connectivity index (χ0v) is 17.8. The topological polar surface area (TPSA) is 75.7 Å². The number of methoxy groups -OCH3 is 1. The normalized spacial score (nSPS) is 15.1. The number of sulfonamides is 1. The number of benzene rings is 2. The second-order valence-electron chi connectivity index (χ2n) is 7.37. The zero-order chi connectivity index (χ0) is 20.9. The fourth-order valence-electron chi connectivity index (χ4n) is 3.49. The lowest BCUT2D eigenvalue weighted by Crippen LogP contribution is -2.35. The molecule has 1 fully saturated rings. The summed E-state index contributed by atoms with van der Waals surface area (Å²) in [6.07, 6.45) is 3.12. The van der Waals surface area contributed by atoms with Gasteiger partial charge in [0.2, 0.25) is 15.9 Å². The summed E-state index contributed by atoms with van der Waals surface area (Å²) in [7, 11) is -1.87. The van der Waals surface area contributed by atoms with Gasteiger partial charge in [0, 0.05) is 19.6 Å². The molecule has 29 heavy (non-hydrogen) atoms. The van der Waals surface area contributed by atoms with Crippen LogP contribution < -0.4 is 10.1 Å². The summed E-state index contributed by atoms with van der Waals surface area (Å²) in [6, 6.07) is 12.5. The van der Waals surface area contributed by atoms with E-state index in [9.17, 15) is 13.2 Å². The van der Waals surface area contributed by atoms with Crippen molar-refractivity contribution in [3.63, 3.8) is 0 Å². The van der Waals surface area contributed by atoms with Crippen LogP contribution in [0.25, 0.3) is 0 Å². The van der Waals surface area contributed by atoms with Crippen molar-refractivity contribution >= 4 is 15.9 Å². The van der Waals surface area contributed by atoms with Gasteiger partial charge in [0.1, 0.15) is 5.75 Å². The van der Waals surface area contributed by atoms with Crippen LogP contribution in [-0.2, 0) is 27.8 Å². The minimum absolute atomic E-state index is 0.125. The molecule has 1 heterocycles. The number of nitrogens with zero attached hydrogens (tertiary/aromatic N) is 1. The molecule has 1 N–H and O–H groups in total. The van der Waals surface area contributed by atoms with E-state index in [4.69, 9.17) is 4.74 Å². The molecule has 0 unspecified atom stereocenters. The van der Waals surface area contributed by atoms with Crippen molar-refractivity contribution in [2.24, 2.45) is 0 Å². The van der Waals surface area contributed by atoms with Crippen molar-refractivity contribution in [3.05, 3.63) is 59.2 Å². The number of nitrogens with one attached hydrogen (secondary N) is 1. The minimum atomic E-state index is -3.48. The summed E-state index contributed by atoms with van der Waals surface area (Å²) in [5.74, 6) is 0.631. The Hall–Kier alpha value is -2.38. The minimum Gasteiger partial charge on any atom is -0.496 e. The highest BCUT2D eigenvalue weighted by molar-refractivity contribution is 7.89. The first-order valence-electron chi connectivity index (χ1n) is 9.89. The lowest BCUT2D eigenvalue weighted by Gasteiger charge is -2.26. The lowest BCUT2D eigenvalue weighted by atomic mass is 10.1. The summed E-state index contributed by atoms with van der Waals surface area (Å²) in [5.41, 5.74) is 2.65. The Morgan fingerprint density at radius 2 is 1.83 bits per heavy atom. The van der Waals surface area contributed by atoms with Gasteiger partial charge >= 0.3 is 0 Å². The summed E-state index contributed by atoms with van der Waals surface area (Å²) in [6.45, 7) is 3.38. The van der Waals surface area contributed by atoms with Crippen molar-refractivity contribution in [2.45, 2.75) is 44.0 Å². The summed E-state index contributed by atoms with van der Waals surface area (Å²) < 4.78 is 32.5. The van der Waals surface area contributed by atoms with Gasteiger partial charge in [0.25, 0.3) is 0 Å². The van der Waals surface area contributed by atoms with Crippen LogP contribution in [0.1, 0.15) is 36.0 Å². The van der Waals surface area contributed by atoms with Gasteiger partial charge < -0.3 is 10.1 Å². The second-order valence-corrected chi connectivity index (χ2v) is 9.31. The highest BCUT2D eigenvalue weighted by Gasteiger charge is 2.25. The van der Waals surface area contributed by atoms with Crippen LogP contribution in [0.3, 0.4) is 0 Å². The third-order valence-electron chi connectivity index (χ3n) is 5.18. The monoisotopic (exact) mass is 416 g/mol. The standard InChI is InChI=1S/C22H28N2O4S/c1-17-9-10-18(14-21(17)28-2)15-22(25)23-16-19-7-6-8-20(13-19)29(26,27)24-11-4-3-5-12-24/h6-10,13-14H,3-5,11-12,15-16H2,1-2H3,(H,23,25). The Morgan fingerprint density at radius 1 is 1.07 bits per heavy atom. The van der Waals surface area contributed by atoms with Crippen molar-refractivity contribution in [3.8, 4) is 5.75 Å². The molecule has 1 aliphatic heterocycles. The molecule has 7 heteroatoms. The number of hydrogen-bond acceptors (Lipinski definition) is 4. The number of carbonyl (C=O) groups excluding carboxylic acids is 1. The number of aryl methyl sites for hydroxylation is 1. The zero-order valence-electron chi connectivity index (χ0n) is 17.0. The molecule has 2 aromatic carbocycles. The van der Waals surface area contributed by atoms with Gasteiger partial charge in [-0.2, -0.15) is 4.31 Å². The van der Waals surface area contributed by atoms with Gasteiger partial charge in [-0.15, -0.1) is 0 Å². The first-order chi connectivity index (χ1) is 13.9. The average molecular weight is 417 g/mol. The molecule has 1 saturated heterocycles. The summed E-state index contributed by atoms with van der Waals surface area (Å²) in [4.78, 5) is 12.6. The van der Waals surface area contributed by atoms with E-state index >= 15 is 0 Å². The molecule has 0 radical (unpaired) electrons. The van der Waals surface area contributed by atoms with E-state index < -0.39 is 10.0 Å². The Labute approximate surface area is 172 Å². The SMILES string of the molecule is COc1cc(CC(=O)NCc2cccc(S(=O)(=O)N3CCCCC3)c2)ccc1C. The van der Waals surface area contributed by atoms with Crippen molar-refractivity contribution in [2.75, 3.05) is 20.2 Å². The van der Waals surface area contributed by atoms with Gasteiger partial charge in [0.05, 0.1) is 18.4 Å². The van der Waals surface area contributed by atoms with Crippen LogP contribution in [0.4, 0.5) is 0 Å². The van der Waals surface area contributed by atoms with Crippen LogP contribution in [0, 0.1) is 6.92 Å². The van der Waals surface area contributed by atoms with Crippen LogP contribution in [0.15, 0.2) is 47.4 Å². The van der Waals surface area contributed by atoms with Gasteiger partial charge in [-0.1, -0.05) is 30.7 Å². The van der Waals surface area contributed by atoms with Crippen molar-refractivity contribution in [1.82, 2.24) is 9.62 Å². The first kappa shape index (κ1) is 21.3. The fraction of sp³-hybridized carbons (Fsp3) is 0.409. The molecule has 3 rings (SSSR count). The van der Waals surface area contributed by atoms with E-state index in [1.807, 2.05) is 31.2 Å². The van der Waals surface area contributed by atoms with E-state index in [0.29, 0.717) is 13.1 Å². The van der Waals surface area contributed by atoms with E-state index in [1.54, 1.807) is 29.6 Å². The molecule has 0 bridgehead atoms. The summed E-state index contributed by atoms with van der Waals surface area (Å²) in [5, 5.41) is 2.87. The maximum atomic E-state index is 12.8. The third kappa shape index (κ3) is 5.36. The molecule has 1 amide bonds. The van der Waals surface area contributed by atoms with Gasteiger partial charge in [-0.3, -0.25) is 4.79 Å². The lowest BCUT2D eigenvalue weighted by molar-refractivity contribution is -0.120. The van der Waals surface area contributed by atoms with Crippen molar-refractivity contribution < 1.29 is 17.9 Å². The predicted molar refractivity (Wildman–Crippen MR) is 112 cm³/mol. The largest absolute Gasteiger partial charge is 0.496 e. The second kappa shape index (κ2) is 9.41. The Morgan fingerprint density at radius 3 is 2.55 bits per heavy atom. The van der Waals surface area contributed by atoms with Crippen LogP contribution in [0.5, 0.6) is 5.75 Å². The van der Waals surface area contributed by atoms with E-state index in [1.165, 1.54) is 0 Å². The summed E-state index contributed by atoms with van der Waals surface area (Å²) >= 11 is 0. The van der Waals surface area contributed by atoms with E-state index in [0.717, 1.165) is 41.7 Å². The molecule has 2 aromatic rings. The molecular weight excluding hydrogens is 388 g/mol. The van der Waals surface area contributed by atoms with Gasteiger partial charge in [-0.25, -0.2) is 8.42 Å². The number of piperidine rings is 1. The number of carbonyl (C=O) groups is 1. The molecule has 156 valence electrons. The van der Waals surface area contributed by atoms with Gasteiger partial charge in [-0.05, 0) is 54.7 Å². The number of rotatable bonds is 7. The van der Waals surface area contributed by atoms with Crippen LogP contribution in [0.2, 0.25) is 0 Å². The Balaban J connectivity index is 1.62. The highest BCUT2D eigenvalue weighted by atomic mass is 32.2. The van der Waals surface area contributed by atoms with Crippen LogP contribution in [-0.4, -0.2) is 38.8 Å². The third-order valence-corrected chi connectivity index (χ3v) is 7.07. The molecule has 0 aliphatic carbocycles. The van der Waals surface area contributed by atoms with Crippen molar-refractivity contribution in [1.29, 1.82) is 0 Å². The maximum absolute atomic E-state index is 12.8. The fourth-order valence-corrected chi connectivity index (χ4v) is 5.08. The quantitative estimate of drug-likeness (QED) is 0.753. The number of amides is 1. The number of ether oxygens (including phenoxy) is 1. The Bertz CT molecular complexity index is 967. The molecule has 0 aromatic heterocycles. The maximum Gasteiger partial charge on any atom is 0.243 e. The van der Waals surface area contributed by atoms with Crippen LogP contribution >= 0.6 is 0 Å². The average Bonchev–Trinajstić information content (AvgIpc) is 2.74. The molecule has 1 aliphatic rings. The molecule has 6 nitrogen and oxygen atoms in total. The van der Waals surface area contributed by atoms with E-state index in [2.05, 4.69) is 5.32 Å². The molecule has 0 saturated carbocycles. The molecule has 0 spiro atoms. The smallest absolute Gasteiger partial charge is 0.243 e. The predicted octanol–water partition coefficient (Wildman–Crippen LogP) is 3.04. The van der Waals surface area contributed by atoms with Gasteiger partial charge in [0.15, 0.2) is 0 Å². The number of hydrogen-bond donors (Lipinski definition) is 1. The van der Waals surface area contributed by atoms with E-state index in [-0.39, 0.29) is 23.8 Å². The Kier molecular flexibility index (Phi) is 6.92.